The van der Waals surface area contributed by atoms with Crippen molar-refractivity contribution < 1.29 is 27.4 Å². The van der Waals surface area contributed by atoms with Crippen LogP contribution in [0.2, 0.25) is 5.02 Å². The van der Waals surface area contributed by atoms with E-state index < -0.39 is 15.9 Å². The van der Waals surface area contributed by atoms with Crippen LogP contribution in [-0.4, -0.2) is 52.5 Å². The third-order valence-corrected chi connectivity index (χ3v) is 7.40. The monoisotopic (exact) mass is 482 g/mol. The number of nitrogens with one attached hydrogen (secondary N) is 1. The van der Waals surface area contributed by atoms with E-state index in [2.05, 4.69) is 5.32 Å². The number of sulfonamides is 1. The molecule has 0 aromatic heterocycles. The minimum atomic E-state index is -3.80. The Bertz CT molecular complexity index is 1080. The van der Waals surface area contributed by atoms with E-state index in [0.717, 1.165) is 0 Å². The highest BCUT2D eigenvalue weighted by Crippen LogP contribution is 2.32. The van der Waals surface area contributed by atoms with Gasteiger partial charge in [-0.05, 0) is 50.1 Å². The van der Waals surface area contributed by atoms with Crippen molar-refractivity contribution in [2.45, 2.75) is 24.7 Å². The zero-order valence-corrected chi connectivity index (χ0v) is 19.8. The van der Waals surface area contributed by atoms with Crippen molar-refractivity contribution in [2.75, 3.05) is 39.2 Å². The van der Waals surface area contributed by atoms with E-state index in [0.29, 0.717) is 48.9 Å². The Kier molecular flexibility index (Phi) is 7.86. The second-order valence-electron chi connectivity index (χ2n) is 7.29. The van der Waals surface area contributed by atoms with Gasteiger partial charge in [-0.2, -0.15) is 4.31 Å². The summed E-state index contributed by atoms with van der Waals surface area (Å²) in [5, 5.41) is 3.08. The fourth-order valence-corrected chi connectivity index (χ4v) is 5.45. The van der Waals surface area contributed by atoms with Gasteiger partial charge in [0.1, 0.15) is 5.75 Å². The highest BCUT2D eigenvalue weighted by atomic mass is 35.5. The minimum absolute atomic E-state index is 0.0758. The molecule has 1 saturated heterocycles. The highest BCUT2D eigenvalue weighted by Gasteiger charge is 2.33. The number of carbonyl (C=O) groups excluding carboxylic acids is 1. The van der Waals surface area contributed by atoms with Crippen molar-refractivity contribution in [3.8, 4) is 17.2 Å². The molecule has 2 aromatic carbocycles. The Morgan fingerprint density at radius 2 is 1.84 bits per heavy atom. The van der Waals surface area contributed by atoms with E-state index in [1.807, 2.05) is 6.92 Å². The number of methoxy groups -OCH3 is 2. The molecular weight excluding hydrogens is 456 g/mol. The maximum atomic E-state index is 13.2. The average Bonchev–Trinajstić information content (AvgIpc) is 2.80. The van der Waals surface area contributed by atoms with Crippen LogP contribution in [0.1, 0.15) is 19.8 Å². The van der Waals surface area contributed by atoms with Crippen molar-refractivity contribution in [1.29, 1.82) is 0 Å². The third kappa shape index (κ3) is 5.28. The van der Waals surface area contributed by atoms with Crippen LogP contribution < -0.4 is 19.5 Å². The molecule has 174 valence electrons. The van der Waals surface area contributed by atoms with Crippen molar-refractivity contribution in [3.05, 3.63) is 41.4 Å². The molecule has 1 amide bonds. The molecule has 0 spiro atoms. The molecule has 0 radical (unpaired) electrons. The van der Waals surface area contributed by atoms with Crippen LogP contribution in [0.3, 0.4) is 0 Å². The van der Waals surface area contributed by atoms with Gasteiger partial charge in [0.15, 0.2) is 11.5 Å². The van der Waals surface area contributed by atoms with Crippen molar-refractivity contribution in [3.63, 3.8) is 0 Å². The van der Waals surface area contributed by atoms with Gasteiger partial charge in [-0.3, -0.25) is 4.79 Å². The number of nitrogens with zero attached hydrogens (tertiary/aromatic N) is 1. The molecule has 0 unspecified atom stereocenters. The van der Waals surface area contributed by atoms with Gasteiger partial charge >= 0.3 is 0 Å². The SMILES string of the molecule is CCOc1ccc(S(=O)(=O)N2CCC[C@H](C(=O)Nc3ccc(OC)c(OC)c3)C2)cc1Cl. The topological polar surface area (TPSA) is 94.2 Å². The quantitative estimate of drug-likeness (QED) is 0.615. The number of halogens is 1. The molecule has 1 atom stereocenters. The summed E-state index contributed by atoms with van der Waals surface area (Å²) in [5.41, 5.74) is 0.547. The first-order valence-corrected chi connectivity index (χ1v) is 12.1. The molecule has 0 aliphatic carbocycles. The van der Waals surface area contributed by atoms with E-state index in [1.165, 1.54) is 30.7 Å². The predicted octanol–water partition coefficient (Wildman–Crippen LogP) is 3.80. The summed E-state index contributed by atoms with van der Waals surface area (Å²) in [5.74, 6) is 0.741. The standard InChI is InChI=1S/C22H27ClN2O6S/c1-4-31-19-10-8-17(13-18(19)23)32(27,28)25-11-5-6-15(14-25)22(26)24-16-7-9-20(29-2)21(12-16)30-3/h7-10,12-13,15H,4-6,11,14H2,1-3H3,(H,24,26)/t15-/m0/s1. The first-order chi connectivity index (χ1) is 15.3. The van der Waals surface area contributed by atoms with Crippen molar-refractivity contribution in [1.82, 2.24) is 4.31 Å². The van der Waals surface area contributed by atoms with E-state index in [1.54, 1.807) is 24.3 Å². The largest absolute Gasteiger partial charge is 0.493 e. The van der Waals surface area contributed by atoms with Gasteiger partial charge in [0, 0.05) is 24.8 Å². The van der Waals surface area contributed by atoms with Gasteiger partial charge in [-0.15, -0.1) is 0 Å². The number of benzene rings is 2. The lowest BCUT2D eigenvalue weighted by atomic mass is 9.98. The van der Waals surface area contributed by atoms with Gasteiger partial charge in [0.2, 0.25) is 15.9 Å². The second kappa shape index (κ2) is 10.4. The van der Waals surface area contributed by atoms with E-state index >= 15 is 0 Å². The number of carbonyl (C=O) groups is 1. The molecule has 1 heterocycles. The lowest BCUT2D eigenvalue weighted by Gasteiger charge is -2.31. The summed E-state index contributed by atoms with van der Waals surface area (Å²) in [6.45, 7) is 2.68. The number of rotatable bonds is 8. The summed E-state index contributed by atoms with van der Waals surface area (Å²) in [6.07, 6.45) is 1.17. The number of ether oxygens (including phenoxy) is 3. The molecule has 2 aromatic rings. The molecule has 1 fully saturated rings. The first kappa shape index (κ1) is 24.2. The molecule has 1 N–H and O–H groups in total. The Morgan fingerprint density at radius 1 is 1.12 bits per heavy atom. The molecule has 0 saturated carbocycles. The number of hydrogen-bond donors (Lipinski definition) is 1. The number of amides is 1. The Morgan fingerprint density at radius 3 is 2.50 bits per heavy atom. The lowest BCUT2D eigenvalue weighted by molar-refractivity contribution is -0.120. The van der Waals surface area contributed by atoms with Gasteiger partial charge in [-0.1, -0.05) is 11.6 Å². The van der Waals surface area contributed by atoms with Gasteiger partial charge in [0.05, 0.1) is 36.7 Å². The fourth-order valence-electron chi connectivity index (χ4n) is 3.60. The zero-order valence-electron chi connectivity index (χ0n) is 18.3. The predicted molar refractivity (Wildman–Crippen MR) is 122 cm³/mol. The third-order valence-electron chi connectivity index (χ3n) is 5.25. The summed E-state index contributed by atoms with van der Waals surface area (Å²) < 4.78 is 43.5. The van der Waals surface area contributed by atoms with Crippen LogP contribution >= 0.6 is 11.6 Å². The highest BCUT2D eigenvalue weighted by molar-refractivity contribution is 7.89. The van der Waals surface area contributed by atoms with E-state index in [9.17, 15) is 13.2 Å². The lowest BCUT2D eigenvalue weighted by Crippen LogP contribution is -2.43. The summed E-state index contributed by atoms with van der Waals surface area (Å²) in [4.78, 5) is 12.9. The van der Waals surface area contributed by atoms with Crippen LogP contribution in [0.15, 0.2) is 41.3 Å². The summed E-state index contributed by atoms with van der Waals surface area (Å²) in [7, 11) is -0.752. The van der Waals surface area contributed by atoms with Crippen LogP contribution in [0.5, 0.6) is 17.2 Å². The molecule has 8 nitrogen and oxygen atoms in total. The van der Waals surface area contributed by atoms with Crippen molar-refractivity contribution in [2.24, 2.45) is 5.92 Å². The Balaban J connectivity index is 1.73. The molecule has 1 aliphatic rings. The minimum Gasteiger partial charge on any atom is -0.493 e. The molecule has 10 heteroatoms. The first-order valence-electron chi connectivity index (χ1n) is 10.3. The molecule has 1 aliphatic heterocycles. The number of hydrogen-bond acceptors (Lipinski definition) is 6. The normalized spacial score (nSPS) is 16.9. The second-order valence-corrected chi connectivity index (χ2v) is 9.63. The van der Waals surface area contributed by atoms with Crippen LogP contribution in [0.4, 0.5) is 5.69 Å². The van der Waals surface area contributed by atoms with Gasteiger partial charge < -0.3 is 19.5 Å². The van der Waals surface area contributed by atoms with Crippen LogP contribution in [0.25, 0.3) is 0 Å². The molecule has 3 rings (SSSR count). The smallest absolute Gasteiger partial charge is 0.243 e. The fraction of sp³-hybridized carbons (Fsp3) is 0.409. The summed E-state index contributed by atoms with van der Waals surface area (Å²) in [6, 6.07) is 9.47. The summed E-state index contributed by atoms with van der Waals surface area (Å²) >= 11 is 6.18. The van der Waals surface area contributed by atoms with E-state index in [4.69, 9.17) is 25.8 Å². The van der Waals surface area contributed by atoms with Crippen molar-refractivity contribution >= 4 is 33.2 Å². The Hall–Kier alpha value is -2.49. The molecule has 0 bridgehead atoms. The van der Waals surface area contributed by atoms with Gasteiger partial charge in [-0.25, -0.2) is 8.42 Å². The number of anilines is 1. The molecular formula is C22H27ClN2O6S. The molecule has 32 heavy (non-hydrogen) atoms. The van der Waals surface area contributed by atoms with Gasteiger partial charge in [0.25, 0.3) is 0 Å². The number of piperidine rings is 1. The average molecular weight is 483 g/mol. The van der Waals surface area contributed by atoms with E-state index in [-0.39, 0.29) is 22.4 Å². The van der Waals surface area contributed by atoms with Crippen LogP contribution in [0, 0.1) is 5.92 Å². The Labute approximate surface area is 193 Å². The zero-order chi connectivity index (χ0) is 23.3. The van der Waals surface area contributed by atoms with Crippen LogP contribution in [-0.2, 0) is 14.8 Å². The maximum absolute atomic E-state index is 13.2. The maximum Gasteiger partial charge on any atom is 0.243 e.